The third-order valence-electron chi connectivity index (χ3n) is 5.82. The van der Waals surface area contributed by atoms with Gasteiger partial charge in [0.25, 0.3) is 0 Å². The largest absolute Gasteiger partial charge is 0.573 e. The number of nitrogens with one attached hydrogen (secondary N) is 1. The lowest BCUT2D eigenvalue weighted by molar-refractivity contribution is -0.274. The Hall–Kier alpha value is -1.80. The van der Waals surface area contributed by atoms with Crippen LogP contribution in [-0.2, 0) is 4.79 Å². The Morgan fingerprint density at radius 2 is 1.69 bits per heavy atom. The maximum absolute atomic E-state index is 13.5. The summed E-state index contributed by atoms with van der Waals surface area (Å²) < 4.78 is 41.3. The molecule has 2 fully saturated rings. The average Bonchev–Trinajstić information content (AvgIpc) is 2.61. The molecule has 5 nitrogen and oxygen atoms in total. The first-order valence-corrected chi connectivity index (χ1v) is 10.2. The highest BCUT2D eigenvalue weighted by Crippen LogP contribution is 2.42. The van der Waals surface area contributed by atoms with E-state index in [-0.39, 0.29) is 23.7 Å². The topological polar surface area (TPSA) is 61.8 Å². The van der Waals surface area contributed by atoms with E-state index < -0.39 is 17.9 Å². The van der Waals surface area contributed by atoms with Gasteiger partial charge in [0.1, 0.15) is 5.75 Å². The zero-order valence-corrected chi connectivity index (χ0v) is 16.8. The van der Waals surface area contributed by atoms with Crippen LogP contribution in [0, 0.1) is 0 Å². The SMILES string of the molecule is CC1CN(C(=O)C(c2ccc(OC(F)(F)F)cc2)C2(O)CCCCC2)CC(C)N1. The van der Waals surface area contributed by atoms with Crippen molar-refractivity contribution in [2.45, 2.75) is 75.9 Å². The van der Waals surface area contributed by atoms with Gasteiger partial charge in [-0.1, -0.05) is 31.4 Å². The fraction of sp³-hybridized carbons (Fsp3) is 0.667. The summed E-state index contributed by atoms with van der Waals surface area (Å²) in [5.74, 6) is -1.31. The molecule has 2 aliphatic rings. The van der Waals surface area contributed by atoms with Crippen molar-refractivity contribution in [1.29, 1.82) is 0 Å². The number of benzene rings is 1. The maximum atomic E-state index is 13.5. The number of carbonyl (C=O) groups excluding carboxylic acids is 1. The second-order valence-electron chi connectivity index (χ2n) is 8.43. The molecule has 162 valence electrons. The van der Waals surface area contributed by atoms with Gasteiger partial charge in [0, 0.05) is 25.2 Å². The molecule has 3 rings (SSSR count). The van der Waals surface area contributed by atoms with Crippen LogP contribution in [-0.4, -0.2) is 53.1 Å². The van der Waals surface area contributed by atoms with Crippen molar-refractivity contribution in [2.75, 3.05) is 13.1 Å². The molecule has 1 amide bonds. The number of alkyl halides is 3. The van der Waals surface area contributed by atoms with Crippen molar-refractivity contribution >= 4 is 5.91 Å². The predicted octanol–water partition coefficient (Wildman–Crippen LogP) is 3.57. The fourth-order valence-electron chi connectivity index (χ4n) is 4.69. The van der Waals surface area contributed by atoms with Gasteiger partial charge < -0.3 is 20.1 Å². The number of ether oxygens (including phenoxy) is 1. The molecule has 0 radical (unpaired) electrons. The highest BCUT2D eigenvalue weighted by molar-refractivity contribution is 5.85. The van der Waals surface area contributed by atoms with E-state index >= 15 is 0 Å². The van der Waals surface area contributed by atoms with Crippen LogP contribution in [0.3, 0.4) is 0 Å². The van der Waals surface area contributed by atoms with Gasteiger partial charge >= 0.3 is 6.36 Å². The van der Waals surface area contributed by atoms with Crippen molar-refractivity contribution in [3.63, 3.8) is 0 Å². The monoisotopic (exact) mass is 414 g/mol. The van der Waals surface area contributed by atoms with Gasteiger partial charge in [0.2, 0.25) is 5.91 Å². The van der Waals surface area contributed by atoms with Gasteiger partial charge in [-0.15, -0.1) is 13.2 Å². The van der Waals surface area contributed by atoms with E-state index in [0.717, 1.165) is 19.3 Å². The standard InChI is InChI=1S/C21H29F3N2O3/c1-14-12-26(13-15(2)25-14)19(27)18(20(28)10-4-3-5-11-20)16-6-8-17(9-7-16)29-21(22,23)24/h6-9,14-15,18,25,28H,3-5,10-13H2,1-2H3. The first-order valence-electron chi connectivity index (χ1n) is 10.2. The molecule has 1 heterocycles. The Balaban J connectivity index is 1.90. The minimum absolute atomic E-state index is 0.131. The number of nitrogens with zero attached hydrogens (tertiary/aromatic N) is 1. The van der Waals surface area contributed by atoms with E-state index in [4.69, 9.17) is 0 Å². The van der Waals surface area contributed by atoms with Crippen molar-refractivity contribution in [1.82, 2.24) is 10.2 Å². The van der Waals surface area contributed by atoms with Crippen LogP contribution in [0.25, 0.3) is 0 Å². The normalized spacial score (nSPS) is 26.1. The molecule has 1 aliphatic carbocycles. The van der Waals surface area contributed by atoms with Gasteiger partial charge in [-0.3, -0.25) is 4.79 Å². The smallest absolute Gasteiger partial charge is 0.406 e. The number of hydrogen-bond acceptors (Lipinski definition) is 4. The number of aliphatic hydroxyl groups is 1. The first-order chi connectivity index (χ1) is 13.6. The zero-order valence-electron chi connectivity index (χ0n) is 16.8. The van der Waals surface area contributed by atoms with Gasteiger partial charge in [0.15, 0.2) is 0 Å². The molecule has 3 atom stereocenters. The molecule has 0 bridgehead atoms. The van der Waals surface area contributed by atoms with Crippen molar-refractivity contribution in [3.05, 3.63) is 29.8 Å². The summed E-state index contributed by atoms with van der Waals surface area (Å²) in [6, 6.07) is 5.60. The average molecular weight is 414 g/mol. The van der Waals surface area contributed by atoms with Crippen LogP contribution in [0.1, 0.15) is 57.4 Å². The number of carbonyl (C=O) groups is 1. The summed E-state index contributed by atoms with van der Waals surface area (Å²) in [6.45, 7) is 5.07. The molecule has 0 aromatic heterocycles. The van der Waals surface area contributed by atoms with Crippen LogP contribution < -0.4 is 10.1 Å². The molecule has 1 aliphatic heterocycles. The van der Waals surface area contributed by atoms with Gasteiger partial charge in [-0.25, -0.2) is 0 Å². The second-order valence-corrected chi connectivity index (χ2v) is 8.43. The van der Waals surface area contributed by atoms with Gasteiger partial charge in [0.05, 0.1) is 11.5 Å². The van der Waals surface area contributed by atoms with E-state index in [2.05, 4.69) is 10.1 Å². The maximum Gasteiger partial charge on any atom is 0.573 e. The summed E-state index contributed by atoms with van der Waals surface area (Å²) in [6.07, 6.45) is -1.12. The molecule has 2 N–H and O–H groups in total. The molecule has 1 saturated heterocycles. The summed E-state index contributed by atoms with van der Waals surface area (Å²) in [7, 11) is 0. The molecular weight excluding hydrogens is 385 g/mol. The Labute approximate surface area is 169 Å². The van der Waals surface area contributed by atoms with Crippen molar-refractivity contribution < 1.29 is 27.8 Å². The Kier molecular flexibility index (Phi) is 6.43. The molecule has 1 saturated carbocycles. The second kappa shape index (κ2) is 8.52. The van der Waals surface area contributed by atoms with Crippen LogP contribution in [0.4, 0.5) is 13.2 Å². The van der Waals surface area contributed by atoms with Crippen molar-refractivity contribution in [3.8, 4) is 5.75 Å². The Morgan fingerprint density at radius 3 is 2.21 bits per heavy atom. The van der Waals surface area contributed by atoms with E-state index in [1.165, 1.54) is 24.3 Å². The first kappa shape index (κ1) is 21.9. The number of hydrogen-bond donors (Lipinski definition) is 2. The minimum Gasteiger partial charge on any atom is -0.406 e. The van der Waals surface area contributed by atoms with Crippen molar-refractivity contribution in [2.24, 2.45) is 0 Å². The summed E-state index contributed by atoms with van der Waals surface area (Å²) >= 11 is 0. The number of amides is 1. The van der Waals surface area contributed by atoms with E-state index in [0.29, 0.717) is 31.5 Å². The molecule has 0 spiro atoms. The van der Waals surface area contributed by atoms with Crippen LogP contribution in [0.5, 0.6) is 5.75 Å². The quantitative estimate of drug-likeness (QED) is 0.791. The fourth-order valence-corrected chi connectivity index (χ4v) is 4.69. The van der Waals surface area contributed by atoms with Crippen LogP contribution >= 0.6 is 0 Å². The van der Waals surface area contributed by atoms with Crippen LogP contribution in [0.15, 0.2) is 24.3 Å². The third-order valence-corrected chi connectivity index (χ3v) is 5.82. The molecule has 1 aromatic carbocycles. The molecular formula is C21H29F3N2O3. The van der Waals surface area contributed by atoms with E-state index in [9.17, 15) is 23.1 Å². The Morgan fingerprint density at radius 1 is 1.14 bits per heavy atom. The number of rotatable bonds is 4. The number of halogens is 3. The summed E-state index contributed by atoms with van der Waals surface area (Å²) in [5, 5.41) is 14.8. The Bertz CT molecular complexity index is 692. The van der Waals surface area contributed by atoms with Gasteiger partial charge in [-0.05, 0) is 44.4 Å². The molecule has 8 heteroatoms. The molecule has 1 aromatic rings. The summed E-state index contributed by atoms with van der Waals surface area (Å²) in [4.78, 5) is 15.3. The highest BCUT2D eigenvalue weighted by Gasteiger charge is 2.45. The third kappa shape index (κ3) is 5.42. The zero-order chi connectivity index (χ0) is 21.2. The molecule has 3 unspecified atom stereocenters. The predicted molar refractivity (Wildman–Crippen MR) is 103 cm³/mol. The minimum atomic E-state index is -4.77. The summed E-state index contributed by atoms with van der Waals surface area (Å²) in [5.41, 5.74) is -0.674. The van der Waals surface area contributed by atoms with E-state index in [1.807, 2.05) is 13.8 Å². The highest BCUT2D eigenvalue weighted by atomic mass is 19.4. The lowest BCUT2D eigenvalue weighted by atomic mass is 9.72. The lowest BCUT2D eigenvalue weighted by Gasteiger charge is -2.43. The van der Waals surface area contributed by atoms with Crippen LogP contribution in [0.2, 0.25) is 0 Å². The van der Waals surface area contributed by atoms with Gasteiger partial charge in [-0.2, -0.15) is 0 Å². The number of piperazine rings is 1. The van der Waals surface area contributed by atoms with E-state index in [1.54, 1.807) is 4.90 Å². The molecule has 29 heavy (non-hydrogen) atoms. The lowest BCUT2D eigenvalue weighted by Crippen LogP contribution is -2.58.